The molecule has 0 saturated carbocycles. The largest absolute Gasteiger partial charge is 0.425 e. The third-order valence-electron chi connectivity index (χ3n) is 1.51. The van der Waals surface area contributed by atoms with E-state index in [0.29, 0.717) is 6.42 Å². The Kier molecular flexibility index (Phi) is 6.91. The highest BCUT2D eigenvalue weighted by Crippen LogP contribution is 1.99. The average molecular weight is 231 g/mol. The van der Waals surface area contributed by atoms with Gasteiger partial charge < -0.3 is 14.8 Å². The maximum Gasteiger partial charge on any atom is 0.410 e. The number of carbonyl (C=O) groups is 3. The molecule has 0 aliphatic carbocycles. The van der Waals surface area contributed by atoms with Crippen LogP contribution in [0.5, 0.6) is 0 Å². The van der Waals surface area contributed by atoms with E-state index < -0.39 is 18.4 Å². The SMILES string of the molecule is CCCC(=O)OC(C)OC(=O)NCC(C)=O. The van der Waals surface area contributed by atoms with Crippen LogP contribution in [0.15, 0.2) is 0 Å². The van der Waals surface area contributed by atoms with Crippen molar-refractivity contribution in [1.82, 2.24) is 5.32 Å². The van der Waals surface area contributed by atoms with Crippen LogP contribution in [-0.2, 0) is 19.1 Å². The van der Waals surface area contributed by atoms with E-state index in [2.05, 4.69) is 10.1 Å². The van der Waals surface area contributed by atoms with Gasteiger partial charge >= 0.3 is 12.1 Å². The van der Waals surface area contributed by atoms with Gasteiger partial charge in [-0.2, -0.15) is 0 Å². The summed E-state index contributed by atoms with van der Waals surface area (Å²) >= 11 is 0. The molecule has 0 aromatic heterocycles. The fourth-order valence-corrected chi connectivity index (χ4v) is 0.861. The smallest absolute Gasteiger partial charge is 0.410 e. The van der Waals surface area contributed by atoms with Gasteiger partial charge in [0.15, 0.2) is 0 Å². The molecule has 6 nitrogen and oxygen atoms in total. The van der Waals surface area contributed by atoms with Crippen LogP contribution in [0.25, 0.3) is 0 Å². The normalized spacial score (nSPS) is 11.4. The maximum absolute atomic E-state index is 11.0. The summed E-state index contributed by atoms with van der Waals surface area (Å²) in [6.45, 7) is 4.51. The van der Waals surface area contributed by atoms with Gasteiger partial charge in [0.25, 0.3) is 0 Å². The second kappa shape index (κ2) is 7.67. The first-order valence-corrected chi connectivity index (χ1v) is 5.09. The van der Waals surface area contributed by atoms with Crippen LogP contribution in [0.4, 0.5) is 4.79 Å². The van der Waals surface area contributed by atoms with Crippen molar-refractivity contribution in [2.24, 2.45) is 0 Å². The quantitative estimate of drug-likeness (QED) is 0.544. The molecule has 1 N–H and O–H groups in total. The zero-order valence-electron chi connectivity index (χ0n) is 9.74. The highest BCUT2D eigenvalue weighted by atomic mass is 16.7. The van der Waals surface area contributed by atoms with E-state index in [1.165, 1.54) is 13.8 Å². The molecule has 6 heteroatoms. The summed E-state index contributed by atoms with van der Waals surface area (Å²) < 4.78 is 9.43. The minimum absolute atomic E-state index is 0.103. The molecule has 0 aromatic rings. The zero-order valence-corrected chi connectivity index (χ0v) is 9.74. The Morgan fingerprint density at radius 3 is 2.38 bits per heavy atom. The van der Waals surface area contributed by atoms with Crippen LogP contribution in [0.2, 0.25) is 0 Å². The number of ether oxygens (including phenoxy) is 2. The molecule has 0 aliphatic heterocycles. The van der Waals surface area contributed by atoms with E-state index >= 15 is 0 Å². The topological polar surface area (TPSA) is 81.7 Å². The molecule has 0 aromatic carbocycles. The van der Waals surface area contributed by atoms with Crippen LogP contribution >= 0.6 is 0 Å². The Hall–Kier alpha value is -1.59. The molecule has 1 atom stereocenters. The van der Waals surface area contributed by atoms with Crippen molar-refractivity contribution in [2.45, 2.75) is 39.9 Å². The van der Waals surface area contributed by atoms with E-state index in [-0.39, 0.29) is 18.7 Å². The first-order valence-electron chi connectivity index (χ1n) is 5.09. The molecule has 0 saturated heterocycles. The lowest BCUT2D eigenvalue weighted by Crippen LogP contribution is -2.32. The van der Waals surface area contributed by atoms with E-state index in [1.807, 2.05) is 6.92 Å². The summed E-state index contributed by atoms with van der Waals surface area (Å²) in [5.74, 6) is -0.609. The van der Waals surface area contributed by atoms with Gasteiger partial charge in [0.05, 0.1) is 6.54 Å². The third-order valence-corrected chi connectivity index (χ3v) is 1.51. The number of esters is 1. The van der Waals surface area contributed by atoms with Crippen LogP contribution in [0.1, 0.15) is 33.6 Å². The molecule has 0 fully saturated rings. The van der Waals surface area contributed by atoms with E-state index in [0.717, 1.165) is 0 Å². The van der Waals surface area contributed by atoms with Crippen molar-refractivity contribution >= 4 is 17.8 Å². The molecule has 0 aliphatic rings. The van der Waals surface area contributed by atoms with Crippen molar-refractivity contribution in [2.75, 3.05) is 6.54 Å². The minimum Gasteiger partial charge on any atom is -0.425 e. The van der Waals surface area contributed by atoms with Crippen molar-refractivity contribution in [3.63, 3.8) is 0 Å². The van der Waals surface area contributed by atoms with Crippen LogP contribution in [0, 0.1) is 0 Å². The van der Waals surface area contributed by atoms with Crippen molar-refractivity contribution in [3.8, 4) is 0 Å². The fourth-order valence-electron chi connectivity index (χ4n) is 0.861. The Bertz CT molecular complexity index is 264. The third kappa shape index (κ3) is 7.78. The zero-order chi connectivity index (χ0) is 12.6. The highest BCUT2D eigenvalue weighted by molar-refractivity contribution is 5.81. The van der Waals surface area contributed by atoms with Gasteiger partial charge in [-0.25, -0.2) is 4.79 Å². The molecule has 92 valence electrons. The second-order valence-corrected chi connectivity index (χ2v) is 3.27. The highest BCUT2D eigenvalue weighted by Gasteiger charge is 2.13. The predicted octanol–water partition coefficient (Wildman–Crippen LogP) is 0.991. The Morgan fingerprint density at radius 2 is 1.88 bits per heavy atom. The molecular formula is C10H17NO5. The first kappa shape index (κ1) is 14.4. The summed E-state index contributed by atoms with van der Waals surface area (Å²) in [5, 5.41) is 2.22. The van der Waals surface area contributed by atoms with E-state index in [4.69, 9.17) is 4.74 Å². The lowest BCUT2D eigenvalue weighted by atomic mass is 10.3. The number of nitrogens with one attached hydrogen (secondary N) is 1. The standard InChI is InChI=1S/C10H17NO5/c1-4-5-9(13)15-8(3)16-10(14)11-6-7(2)12/h8H,4-6H2,1-3H3,(H,11,14). The molecule has 0 spiro atoms. The fraction of sp³-hybridized carbons (Fsp3) is 0.700. The van der Waals surface area contributed by atoms with Gasteiger partial charge in [-0.1, -0.05) is 6.92 Å². The van der Waals surface area contributed by atoms with Gasteiger partial charge in [-0.05, 0) is 13.3 Å². The predicted molar refractivity (Wildman–Crippen MR) is 55.6 cm³/mol. The number of rotatable bonds is 6. The number of hydrogen-bond donors (Lipinski definition) is 1. The lowest BCUT2D eigenvalue weighted by Gasteiger charge is -2.13. The Balaban J connectivity index is 3.77. The van der Waals surface area contributed by atoms with Crippen molar-refractivity contribution < 1.29 is 23.9 Å². The average Bonchev–Trinajstić information content (AvgIpc) is 2.14. The monoisotopic (exact) mass is 231 g/mol. The van der Waals surface area contributed by atoms with Gasteiger partial charge in [0.1, 0.15) is 5.78 Å². The molecule has 0 heterocycles. The Labute approximate surface area is 94.3 Å². The summed E-state index contributed by atoms with van der Waals surface area (Å²) in [7, 11) is 0. The second-order valence-electron chi connectivity index (χ2n) is 3.27. The van der Waals surface area contributed by atoms with Gasteiger partial charge in [0, 0.05) is 13.3 Å². The van der Waals surface area contributed by atoms with Crippen LogP contribution in [-0.4, -0.2) is 30.7 Å². The molecule has 0 rings (SSSR count). The summed E-state index contributed by atoms with van der Waals surface area (Å²) in [6.07, 6.45) is -0.789. The first-order chi connectivity index (χ1) is 7.45. The van der Waals surface area contributed by atoms with Crippen molar-refractivity contribution in [3.05, 3.63) is 0 Å². The minimum atomic E-state index is -0.953. The van der Waals surface area contributed by atoms with Gasteiger partial charge in [0.2, 0.25) is 6.29 Å². The molecular weight excluding hydrogens is 214 g/mol. The number of hydrogen-bond acceptors (Lipinski definition) is 5. The molecule has 1 amide bonds. The Morgan fingerprint density at radius 1 is 1.25 bits per heavy atom. The molecule has 1 unspecified atom stereocenters. The molecule has 16 heavy (non-hydrogen) atoms. The van der Waals surface area contributed by atoms with Crippen LogP contribution < -0.4 is 5.32 Å². The summed E-state index contributed by atoms with van der Waals surface area (Å²) in [5.41, 5.74) is 0. The number of carbonyl (C=O) groups excluding carboxylic acids is 3. The number of alkyl carbamates (subject to hydrolysis) is 1. The van der Waals surface area contributed by atoms with E-state index in [1.54, 1.807) is 0 Å². The molecule has 0 radical (unpaired) electrons. The van der Waals surface area contributed by atoms with E-state index in [9.17, 15) is 14.4 Å². The van der Waals surface area contributed by atoms with Gasteiger partial charge in [-0.3, -0.25) is 9.59 Å². The van der Waals surface area contributed by atoms with Crippen molar-refractivity contribution in [1.29, 1.82) is 0 Å². The van der Waals surface area contributed by atoms with Crippen LogP contribution in [0.3, 0.4) is 0 Å². The summed E-state index contributed by atoms with van der Waals surface area (Å²) in [6, 6.07) is 0. The summed E-state index contributed by atoms with van der Waals surface area (Å²) in [4.78, 5) is 32.6. The maximum atomic E-state index is 11.0. The number of ketones is 1. The lowest BCUT2D eigenvalue weighted by molar-refractivity contribution is -0.164. The number of Topliss-reactive ketones (excluding diaryl/α,β-unsaturated/α-hetero) is 1. The molecule has 0 bridgehead atoms. The van der Waals surface area contributed by atoms with Gasteiger partial charge in [-0.15, -0.1) is 0 Å². The number of amides is 1.